The van der Waals surface area contributed by atoms with Crippen molar-refractivity contribution in [3.8, 4) is 0 Å². The average Bonchev–Trinajstić information content (AvgIpc) is 3.42. The zero-order valence-electron chi connectivity index (χ0n) is 23.5. The number of allylic oxidation sites excluding steroid dienone is 1. The Hall–Kier alpha value is -3.56. The molecule has 9 heteroatoms. The number of carbonyl (C=O) groups excluding carboxylic acids is 1. The molecule has 1 aromatic carbocycles. The zero-order chi connectivity index (χ0) is 27.6. The number of benzene rings is 1. The second-order valence-electron chi connectivity index (χ2n) is 9.56. The highest BCUT2D eigenvalue weighted by Crippen LogP contribution is 2.26. The van der Waals surface area contributed by atoms with Gasteiger partial charge in [0.1, 0.15) is 5.69 Å². The van der Waals surface area contributed by atoms with Crippen molar-refractivity contribution in [3.05, 3.63) is 54.0 Å². The monoisotopic (exact) mass is 531 g/mol. The summed E-state index contributed by atoms with van der Waals surface area (Å²) in [6.45, 7) is 11.5. The van der Waals surface area contributed by atoms with Crippen LogP contribution in [0.1, 0.15) is 69.6 Å². The number of nitrogens with one attached hydrogen (secondary N) is 3. The summed E-state index contributed by atoms with van der Waals surface area (Å²) in [6, 6.07) is 10.5. The summed E-state index contributed by atoms with van der Waals surface area (Å²) in [5.41, 5.74) is 3.88. The summed E-state index contributed by atoms with van der Waals surface area (Å²) in [5, 5.41) is 7.46. The first kappa shape index (κ1) is 28.4. The molecule has 1 saturated carbocycles. The van der Waals surface area contributed by atoms with Gasteiger partial charge in [0.15, 0.2) is 0 Å². The Morgan fingerprint density at radius 1 is 1.10 bits per heavy atom. The highest BCUT2D eigenvalue weighted by atomic mass is 16.5. The number of amides is 1. The van der Waals surface area contributed by atoms with Gasteiger partial charge in [0.05, 0.1) is 24.6 Å². The van der Waals surface area contributed by atoms with Crippen LogP contribution < -0.4 is 10.6 Å². The molecular formula is C30H41N7O2. The molecule has 2 aromatic heterocycles. The van der Waals surface area contributed by atoms with Crippen LogP contribution in [0, 0.1) is 0 Å². The smallest absolute Gasteiger partial charge is 0.267 e. The lowest BCUT2D eigenvalue weighted by Crippen LogP contribution is -2.47. The van der Waals surface area contributed by atoms with Gasteiger partial charge in [-0.25, -0.2) is 9.97 Å². The lowest BCUT2D eigenvalue weighted by Gasteiger charge is -2.38. The summed E-state index contributed by atoms with van der Waals surface area (Å²) >= 11 is 0. The van der Waals surface area contributed by atoms with Crippen LogP contribution in [0.5, 0.6) is 0 Å². The quantitative estimate of drug-likeness (QED) is 0.345. The number of hydrogen-bond acceptors (Lipinski definition) is 7. The second kappa shape index (κ2) is 14.0. The average molecular weight is 532 g/mol. The van der Waals surface area contributed by atoms with Crippen molar-refractivity contribution in [2.24, 2.45) is 4.99 Å². The minimum Gasteiger partial charge on any atom is -0.379 e. The first-order chi connectivity index (χ1) is 19.1. The van der Waals surface area contributed by atoms with Crippen LogP contribution in [-0.4, -0.2) is 70.4 Å². The van der Waals surface area contributed by atoms with Gasteiger partial charge < -0.3 is 20.4 Å². The number of anilines is 2. The van der Waals surface area contributed by atoms with E-state index in [0.717, 1.165) is 80.0 Å². The third kappa shape index (κ3) is 7.30. The largest absolute Gasteiger partial charge is 0.379 e. The summed E-state index contributed by atoms with van der Waals surface area (Å²) in [7, 11) is 0. The van der Waals surface area contributed by atoms with Gasteiger partial charge in [0, 0.05) is 54.2 Å². The molecule has 3 heterocycles. The number of hydrogen-bond donors (Lipinski definition) is 3. The van der Waals surface area contributed by atoms with E-state index in [1.165, 1.54) is 0 Å². The molecule has 0 bridgehead atoms. The fourth-order valence-electron chi connectivity index (χ4n) is 5.24. The van der Waals surface area contributed by atoms with E-state index in [-0.39, 0.29) is 11.9 Å². The van der Waals surface area contributed by atoms with Crippen molar-refractivity contribution in [1.29, 1.82) is 0 Å². The van der Waals surface area contributed by atoms with E-state index in [1.807, 2.05) is 64.1 Å². The van der Waals surface area contributed by atoms with E-state index in [2.05, 4.69) is 35.5 Å². The maximum Gasteiger partial charge on any atom is 0.267 e. The molecule has 0 atom stereocenters. The molecule has 2 aliphatic rings. The Balaban J connectivity index is 0.00000172. The van der Waals surface area contributed by atoms with Gasteiger partial charge in [0.2, 0.25) is 5.95 Å². The predicted octanol–water partition coefficient (Wildman–Crippen LogP) is 5.55. The van der Waals surface area contributed by atoms with E-state index in [4.69, 9.17) is 4.74 Å². The predicted molar refractivity (Wildman–Crippen MR) is 159 cm³/mol. The molecule has 0 radical (unpaired) electrons. The van der Waals surface area contributed by atoms with Crippen molar-refractivity contribution < 1.29 is 9.53 Å². The number of rotatable bonds is 7. The van der Waals surface area contributed by atoms with E-state index in [1.54, 1.807) is 12.4 Å². The lowest BCUT2D eigenvalue weighted by molar-refractivity contribution is 0.00664. The van der Waals surface area contributed by atoms with Crippen molar-refractivity contribution in [2.45, 2.75) is 65.5 Å². The highest BCUT2D eigenvalue weighted by molar-refractivity contribution is 5.98. The Morgan fingerprint density at radius 2 is 1.87 bits per heavy atom. The van der Waals surface area contributed by atoms with Crippen LogP contribution in [0.3, 0.4) is 0 Å². The fourth-order valence-corrected chi connectivity index (χ4v) is 5.24. The minimum absolute atomic E-state index is 0.0491. The molecule has 2 fully saturated rings. The standard InChI is InChI=1S/C28H35N7O2.C2H6/c1-3-23(29-4-2)25-11-12-30-28(34-25)32-21-7-10-24-19(17-21)18-26(33-24)27(36)31-20-5-8-22(9-6-20)35-13-15-37-16-14-35;1-2/h3-4,7,10-12,17-18,20,22,33H,5-6,8-9,13-16H2,1-2H3,(H,31,36)(H,30,32,34);1-2H3/b23-3-,29-4?;. The van der Waals surface area contributed by atoms with Crippen LogP contribution in [0.15, 0.2) is 47.6 Å². The number of aromatic amines is 1. The number of H-pyrrole nitrogens is 1. The maximum absolute atomic E-state index is 13.0. The summed E-state index contributed by atoms with van der Waals surface area (Å²) < 4.78 is 5.48. The van der Waals surface area contributed by atoms with Gasteiger partial charge in [0.25, 0.3) is 5.91 Å². The molecule has 1 aliphatic heterocycles. The molecular weight excluding hydrogens is 490 g/mol. The summed E-state index contributed by atoms with van der Waals surface area (Å²) in [4.78, 5) is 32.1. The molecule has 1 saturated heterocycles. The van der Waals surface area contributed by atoms with Crippen LogP contribution in [0.4, 0.5) is 11.6 Å². The van der Waals surface area contributed by atoms with E-state index in [0.29, 0.717) is 17.7 Å². The molecule has 1 amide bonds. The molecule has 0 unspecified atom stereocenters. The fraction of sp³-hybridized carbons (Fsp3) is 0.467. The summed E-state index contributed by atoms with van der Waals surface area (Å²) in [6.07, 6.45) is 9.64. The van der Waals surface area contributed by atoms with Crippen molar-refractivity contribution >= 4 is 40.4 Å². The molecule has 5 rings (SSSR count). The molecule has 208 valence electrons. The van der Waals surface area contributed by atoms with Crippen LogP contribution in [0.25, 0.3) is 16.6 Å². The number of fused-ring (bicyclic) bond motifs is 1. The SMILES string of the molecule is CC.CC=N/C(=C\C)c1ccnc(Nc2ccc3[nH]c(C(=O)NC4CCC(N5CCOCC5)CC4)cc3c2)n1. The first-order valence-corrected chi connectivity index (χ1v) is 14.1. The third-order valence-corrected chi connectivity index (χ3v) is 7.18. The Bertz CT molecular complexity index is 1290. The molecule has 3 aromatic rings. The van der Waals surface area contributed by atoms with Gasteiger partial charge >= 0.3 is 0 Å². The van der Waals surface area contributed by atoms with E-state index in [9.17, 15) is 4.79 Å². The van der Waals surface area contributed by atoms with Crippen molar-refractivity contribution in [3.63, 3.8) is 0 Å². The van der Waals surface area contributed by atoms with Crippen LogP contribution in [-0.2, 0) is 4.74 Å². The third-order valence-electron chi connectivity index (χ3n) is 7.18. The molecule has 3 N–H and O–H groups in total. The first-order valence-electron chi connectivity index (χ1n) is 14.1. The molecule has 1 aliphatic carbocycles. The number of morpholine rings is 1. The number of carbonyl (C=O) groups is 1. The normalized spacial score (nSPS) is 20.5. The number of nitrogens with zero attached hydrogens (tertiary/aromatic N) is 4. The van der Waals surface area contributed by atoms with Gasteiger partial charge in [-0.3, -0.25) is 14.7 Å². The van der Waals surface area contributed by atoms with Gasteiger partial charge in [-0.1, -0.05) is 19.9 Å². The number of ether oxygens (including phenoxy) is 1. The maximum atomic E-state index is 13.0. The molecule has 9 nitrogen and oxygen atoms in total. The minimum atomic E-state index is -0.0491. The highest BCUT2D eigenvalue weighted by Gasteiger charge is 2.28. The van der Waals surface area contributed by atoms with Crippen LogP contribution in [0.2, 0.25) is 0 Å². The lowest BCUT2D eigenvalue weighted by atomic mass is 9.90. The number of aliphatic imine (C=N–C) groups is 1. The van der Waals surface area contributed by atoms with Gasteiger partial charge in [-0.05, 0) is 69.9 Å². The molecule has 39 heavy (non-hydrogen) atoms. The Morgan fingerprint density at radius 3 is 2.59 bits per heavy atom. The second-order valence-corrected chi connectivity index (χ2v) is 9.56. The number of aromatic nitrogens is 3. The van der Waals surface area contributed by atoms with Gasteiger partial charge in [-0.2, -0.15) is 0 Å². The molecule has 0 spiro atoms. The van der Waals surface area contributed by atoms with Crippen molar-refractivity contribution in [1.82, 2.24) is 25.2 Å². The van der Waals surface area contributed by atoms with E-state index >= 15 is 0 Å². The van der Waals surface area contributed by atoms with Crippen LogP contribution >= 0.6 is 0 Å². The topological polar surface area (TPSA) is 108 Å². The zero-order valence-corrected chi connectivity index (χ0v) is 23.5. The van der Waals surface area contributed by atoms with Crippen molar-refractivity contribution in [2.75, 3.05) is 31.6 Å². The Labute approximate surface area is 231 Å². The van der Waals surface area contributed by atoms with E-state index < -0.39 is 0 Å². The van der Waals surface area contributed by atoms with Gasteiger partial charge in [-0.15, -0.1) is 0 Å². The Kier molecular flexibility index (Phi) is 10.2. The summed E-state index contributed by atoms with van der Waals surface area (Å²) in [5.74, 6) is 0.440.